The van der Waals surface area contributed by atoms with Gasteiger partial charge in [0.05, 0.1) is 17.1 Å². The fourth-order valence-electron chi connectivity index (χ4n) is 1.29. The van der Waals surface area contributed by atoms with Gasteiger partial charge >= 0.3 is 0 Å². The average Bonchev–Trinajstić information content (AvgIpc) is 2.03. The van der Waals surface area contributed by atoms with Crippen molar-refractivity contribution in [2.75, 3.05) is 0 Å². The fraction of sp³-hybridized carbons (Fsp3) is 0.600. The minimum Gasteiger partial charge on any atom is -0.384 e. The van der Waals surface area contributed by atoms with Crippen LogP contribution in [-0.4, -0.2) is 15.1 Å². The van der Waals surface area contributed by atoms with Gasteiger partial charge in [-0.05, 0) is 27.2 Å². The Morgan fingerprint density at radius 3 is 2.54 bits per heavy atom. The Bertz CT molecular complexity index is 308. The van der Waals surface area contributed by atoms with Gasteiger partial charge in [0.15, 0.2) is 0 Å². The number of nitrogens with zero attached hydrogens (tertiary/aromatic N) is 2. The summed E-state index contributed by atoms with van der Waals surface area (Å²) in [5.41, 5.74) is 1.52. The van der Waals surface area contributed by atoms with Gasteiger partial charge in [-0.15, -0.1) is 0 Å². The summed E-state index contributed by atoms with van der Waals surface area (Å²) in [6.07, 6.45) is 2.33. The van der Waals surface area contributed by atoms with E-state index in [1.165, 1.54) is 0 Å². The molecule has 3 nitrogen and oxygen atoms in total. The number of rotatable bonds is 2. The van der Waals surface area contributed by atoms with E-state index < -0.39 is 5.60 Å². The molecule has 1 N–H and O–H groups in total. The fourth-order valence-corrected chi connectivity index (χ4v) is 1.29. The molecule has 0 saturated heterocycles. The van der Waals surface area contributed by atoms with Gasteiger partial charge in [0, 0.05) is 6.20 Å². The van der Waals surface area contributed by atoms with Crippen LogP contribution in [0.1, 0.15) is 37.4 Å². The lowest BCUT2D eigenvalue weighted by Crippen LogP contribution is -2.23. The minimum absolute atomic E-state index is 0.644. The number of hydrogen-bond donors (Lipinski definition) is 1. The van der Waals surface area contributed by atoms with Gasteiger partial charge in [0.25, 0.3) is 0 Å². The van der Waals surface area contributed by atoms with Gasteiger partial charge in [0.1, 0.15) is 5.60 Å². The molecule has 1 aromatic heterocycles. The quantitative estimate of drug-likeness (QED) is 0.753. The molecule has 1 unspecified atom stereocenters. The van der Waals surface area contributed by atoms with Crippen LogP contribution in [0.5, 0.6) is 0 Å². The third-order valence-electron chi connectivity index (χ3n) is 2.27. The van der Waals surface area contributed by atoms with Crippen molar-refractivity contribution in [3.05, 3.63) is 23.3 Å². The molecule has 0 spiro atoms. The van der Waals surface area contributed by atoms with E-state index in [0.29, 0.717) is 12.1 Å². The van der Waals surface area contributed by atoms with Crippen molar-refractivity contribution in [3.8, 4) is 0 Å². The standard InChI is InChI=1S/C10H16N2O/c1-5-10(4,13)9-8(3)12-7(2)6-11-9/h6,13H,5H2,1-4H3. The highest BCUT2D eigenvalue weighted by molar-refractivity contribution is 5.18. The maximum Gasteiger partial charge on any atom is 0.105 e. The van der Waals surface area contributed by atoms with E-state index in [2.05, 4.69) is 9.97 Å². The highest BCUT2D eigenvalue weighted by Crippen LogP contribution is 2.23. The Hall–Kier alpha value is -0.960. The van der Waals surface area contributed by atoms with Gasteiger partial charge in [-0.3, -0.25) is 9.97 Å². The van der Waals surface area contributed by atoms with Crippen LogP contribution in [0.25, 0.3) is 0 Å². The maximum atomic E-state index is 9.96. The molecule has 1 aromatic rings. The van der Waals surface area contributed by atoms with Crippen molar-refractivity contribution in [2.24, 2.45) is 0 Å². The number of aliphatic hydroxyl groups is 1. The van der Waals surface area contributed by atoms with Gasteiger partial charge in [-0.2, -0.15) is 0 Å². The second kappa shape index (κ2) is 3.42. The summed E-state index contributed by atoms with van der Waals surface area (Å²) in [6, 6.07) is 0. The summed E-state index contributed by atoms with van der Waals surface area (Å²) in [5, 5.41) is 9.96. The SMILES string of the molecule is CCC(C)(O)c1ncc(C)nc1C. The normalized spacial score (nSPS) is 15.5. The molecule has 13 heavy (non-hydrogen) atoms. The molecule has 0 aliphatic heterocycles. The van der Waals surface area contributed by atoms with Crippen molar-refractivity contribution < 1.29 is 5.11 Å². The van der Waals surface area contributed by atoms with Gasteiger partial charge in [-0.1, -0.05) is 6.92 Å². The van der Waals surface area contributed by atoms with Gasteiger partial charge < -0.3 is 5.11 Å². The Morgan fingerprint density at radius 1 is 1.46 bits per heavy atom. The first-order chi connectivity index (χ1) is 5.97. The average molecular weight is 180 g/mol. The lowest BCUT2D eigenvalue weighted by Gasteiger charge is -2.21. The summed E-state index contributed by atoms with van der Waals surface area (Å²) >= 11 is 0. The van der Waals surface area contributed by atoms with E-state index in [9.17, 15) is 5.11 Å². The highest BCUT2D eigenvalue weighted by Gasteiger charge is 2.24. The third-order valence-corrected chi connectivity index (χ3v) is 2.27. The topological polar surface area (TPSA) is 46.0 Å². The molecule has 1 rings (SSSR count). The molecule has 0 radical (unpaired) electrons. The summed E-state index contributed by atoms with van der Waals surface area (Å²) in [7, 11) is 0. The number of aryl methyl sites for hydroxylation is 2. The molecule has 72 valence electrons. The second-order valence-corrected chi connectivity index (χ2v) is 3.57. The van der Waals surface area contributed by atoms with Crippen LogP contribution in [0.2, 0.25) is 0 Å². The van der Waals surface area contributed by atoms with Crippen LogP contribution in [0.15, 0.2) is 6.20 Å². The van der Waals surface area contributed by atoms with Gasteiger partial charge in [0.2, 0.25) is 0 Å². The highest BCUT2D eigenvalue weighted by atomic mass is 16.3. The molecule has 0 aliphatic carbocycles. The van der Waals surface area contributed by atoms with Crippen LogP contribution in [0, 0.1) is 13.8 Å². The summed E-state index contributed by atoms with van der Waals surface area (Å²) in [4.78, 5) is 8.47. The molecule has 0 amide bonds. The van der Waals surface area contributed by atoms with E-state index in [-0.39, 0.29) is 0 Å². The van der Waals surface area contributed by atoms with Crippen LogP contribution in [-0.2, 0) is 5.60 Å². The van der Waals surface area contributed by atoms with E-state index in [0.717, 1.165) is 11.4 Å². The Morgan fingerprint density at radius 2 is 2.08 bits per heavy atom. The predicted octanol–water partition coefficient (Wildman–Crippen LogP) is 1.71. The van der Waals surface area contributed by atoms with Crippen molar-refractivity contribution in [1.82, 2.24) is 9.97 Å². The second-order valence-electron chi connectivity index (χ2n) is 3.57. The first-order valence-electron chi connectivity index (χ1n) is 4.50. The maximum absolute atomic E-state index is 9.96. The molecule has 0 bridgehead atoms. The zero-order chi connectivity index (χ0) is 10.1. The molecule has 3 heteroatoms. The monoisotopic (exact) mass is 180 g/mol. The Balaban J connectivity index is 3.16. The summed E-state index contributed by atoms with van der Waals surface area (Å²) in [6.45, 7) is 7.46. The lowest BCUT2D eigenvalue weighted by atomic mass is 9.97. The Labute approximate surface area is 78.9 Å². The van der Waals surface area contributed by atoms with Crippen LogP contribution in [0.3, 0.4) is 0 Å². The first-order valence-corrected chi connectivity index (χ1v) is 4.50. The predicted molar refractivity (Wildman–Crippen MR) is 51.4 cm³/mol. The lowest BCUT2D eigenvalue weighted by molar-refractivity contribution is 0.0473. The molecule has 0 saturated carbocycles. The van der Waals surface area contributed by atoms with Crippen molar-refractivity contribution in [2.45, 2.75) is 39.7 Å². The molecule has 0 aliphatic rings. The van der Waals surface area contributed by atoms with E-state index >= 15 is 0 Å². The molecule has 1 heterocycles. The third kappa shape index (κ3) is 2.04. The summed E-state index contributed by atoms with van der Waals surface area (Å²) < 4.78 is 0. The zero-order valence-corrected chi connectivity index (χ0v) is 8.63. The van der Waals surface area contributed by atoms with Gasteiger partial charge in [-0.25, -0.2) is 0 Å². The largest absolute Gasteiger partial charge is 0.384 e. The molecular formula is C10H16N2O. The van der Waals surface area contributed by atoms with Crippen molar-refractivity contribution >= 4 is 0 Å². The summed E-state index contributed by atoms with van der Waals surface area (Å²) in [5.74, 6) is 0. The van der Waals surface area contributed by atoms with Crippen molar-refractivity contribution in [1.29, 1.82) is 0 Å². The van der Waals surface area contributed by atoms with Crippen LogP contribution in [0.4, 0.5) is 0 Å². The first kappa shape index (κ1) is 10.1. The number of hydrogen-bond acceptors (Lipinski definition) is 3. The molecule has 1 atom stereocenters. The zero-order valence-electron chi connectivity index (χ0n) is 8.63. The van der Waals surface area contributed by atoms with Crippen LogP contribution >= 0.6 is 0 Å². The minimum atomic E-state index is -0.856. The van der Waals surface area contributed by atoms with Crippen LogP contribution < -0.4 is 0 Å². The molecular weight excluding hydrogens is 164 g/mol. The number of aromatic nitrogens is 2. The van der Waals surface area contributed by atoms with Crippen molar-refractivity contribution in [3.63, 3.8) is 0 Å². The van der Waals surface area contributed by atoms with E-state index in [1.54, 1.807) is 13.1 Å². The van der Waals surface area contributed by atoms with E-state index in [1.807, 2.05) is 20.8 Å². The smallest absolute Gasteiger partial charge is 0.105 e. The molecule has 0 fully saturated rings. The Kier molecular flexibility index (Phi) is 2.66. The van der Waals surface area contributed by atoms with E-state index in [4.69, 9.17) is 0 Å². The molecule has 0 aromatic carbocycles.